The summed E-state index contributed by atoms with van der Waals surface area (Å²) in [5.41, 5.74) is 3.46. The number of hydrogen-bond acceptors (Lipinski definition) is 3. The van der Waals surface area contributed by atoms with Gasteiger partial charge in [0.2, 0.25) is 0 Å². The third-order valence-corrected chi connectivity index (χ3v) is 3.82. The number of furan rings is 1. The van der Waals surface area contributed by atoms with Crippen LogP contribution in [0.2, 0.25) is 0 Å². The summed E-state index contributed by atoms with van der Waals surface area (Å²) in [6.45, 7) is 4.15. The van der Waals surface area contributed by atoms with Crippen LogP contribution in [0, 0.1) is 13.8 Å². The van der Waals surface area contributed by atoms with Crippen LogP contribution in [0.15, 0.2) is 33.4 Å². The van der Waals surface area contributed by atoms with Crippen molar-refractivity contribution in [2.75, 3.05) is 14.2 Å². The summed E-state index contributed by atoms with van der Waals surface area (Å²) in [7, 11) is 3.62. The van der Waals surface area contributed by atoms with E-state index in [4.69, 9.17) is 9.15 Å². The molecule has 1 N–H and O–H groups in total. The molecule has 1 unspecified atom stereocenters. The second-order valence-corrected chi connectivity index (χ2v) is 5.28. The van der Waals surface area contributed by atoms with Gasteiger partial charge in [-0.3, -0.25) is 0 Å². The van der Waals surface area contributed by atoms with Crippen LogP contribution in [0.4, 0.5) is 0 Å². The molecule has 2 aromatic rings. The Morgan fingerprint density at radius 3 is 2.47 bits per heavy atom. The van der Waals surface area contributed by atoms with E-state index < -0.39 is 0 Å². The van der Waals surface area contributed by atoms with Gasteiger partial charge in [0.05, 0.1) is 13.2 Å². The molecule has 1 atom stereocenters. The lowest BCUT2D eigenvalue weighted by atomic mass is 9.98. The molecule has 1 heterocycles. The monoisotopic (exact) mass is 323 g/mol. The first-order valence-electron chi connectivity index (χ1n) is 6.15. The summed E-state index contributed by atoms with van der Waals surface area (Å²) in [6, 6.07) is 8.02. The predicted molar refractivity (Wildman–Crippen MR) is 79.8 cm³/mol. The Labute approximate surface area is 122 Å². The molecule has 0 radical (unpaired) electrons. The molecule has 1 aromatic heterocycles. The van der Waals surface area contributed by atoms with Gasteiger partial charge in [0.1, 0.15) is 11.5 Å². The summed E-state index contributed by atoms with van der Waals surface area (Å²) in [5, 5.41) is 3.27. The molecule has 0 saturated carbocycles. The largest absolute Gasteiger partial charge is 0.496 e. The number of hydrogen-bond donors (Lipinski definition) is 1. The Bertz CT molecular complexity index is 578. The normalized spacial score (nSPS) is 12.5. The topological polar surface area (TPSA) is 34.4 Å². The molecule has 102 valence electrons. The van der Waals surface area contributed by atoms with E-state index in [-0.39, 0.29) is 6.04 Å². The van der Waals surface area contributed by atoms with Crippen molar-refractivity contribution in [3.05, 3.63) is 51.4 Å². The maximum Gasteiger partial charge on any atom is 0.169 e. The van der Waals surface area contributed by atoms with E-state index in [1.165, 1.54) is 5.56 Å². The van der Waals surface area contributed by atoms with Gasteiger partial charge in [-0.05, 0) is 60.1 Å². The summed E-state index contributed by atoms with van der Waals surface area (Å²) < 4.78 is 12.0. The van der Waals surface area contributed by atoms with Gasteiger partial charge in [-0.25, -0.2) is 0 Å². The van der Waals surface area contributed by atoms with Crippen LogP contribution in [0.3, 0.4) is 0 Å². The van der Waals surface area contributed by atoms with E-state index in [0.717, 1.165) is 27.3 Å². The Hall–Kier alpha value is -1.26. The van der Waals surface area contributed by atoms with Crippen molar-refractivity contribution in [2.24, 2.45) is 0 Å². The van der Waals surface area contributed by atoms with Gasteiger partial charge in [-0.1, -0.05) is 12.1 Å². The molecule has 0 fully saturated rings. The molecule has 0 amide bonds. The molecule has 0 bridgehead atoms. The van der Waals surface area contributed by atoms with Crippen molar-refractivity contribution in [2.45, 2.75) is 19.9 Å². The van der Waals surface area contributed by atoms with Crippen molar-refractivity contribution >= 4 is 15.9 Å². The Balaban J connectivity index is 2.52. The Kier molecular flexibility index (Phi) is 4.32. The van der Waals surface area contributed by atoms with Crippen LogP contribution in [0.5, 0.6) is 5.75 Å². The van der Waals surface area contributed by atoms with E-state index >= 15 is 0 Å². The molecule has 0 aliphatic carbocycles. The number of nitrogens with one attached hydrogen (secondary N) is 1. The van der Waals surface area contributed by atoms with E-state index in [1.54, 1.807) is 7.11 Å². The fourth-order valence-corrected chi connectivity index (χ4v) is 2.56. The van der Waals surface area contributed by atoms with Crippen LogP contribution in [0.1, 0.15) is 28.5 Å². The zero-order chi connectivity index (χ0) is 14.0. The highest BCUT2D eigenvalue weighted by atomic mass is 79.9. The second kappa shape index (κ2) is 5.80. The highest BCUT2D eigenvalue weighted by Crippen LogP contribution is 2.35. The van der Waals surface area contributed by atoms with Crippen molar-refractivity contribution in [1.29, 1.82) is 0 Å². The first-order valence-corrected chi connectivity index (χ1v) is 6.94. The summed E-state index contributed by atoms with van der Waals surface area (Å²) in [5.74, 6) is 1.77. The molecule has 3 nitrogen and oxygen atoms in total. The minimum atomic E-state index is -0.0273. The molecule has 2 rings (SSSR count). The molecule has 0 spiro atoms. The number of ether oxygens (including phenoxy) is 1. The maximum atomic E-state index is 5.66. The van der Waals surface area contributed by atoms with Crippen molar-refractivity contribution in [3.8, 4) is 5.75 Å². The van der Waals surface area contributed by atoms with E-state index in [0.29, 0.717) is 0 Å². The lowest BCUT2D eigenvalue weighted by molar-refractivity contribution is 0.391. The molecule has 19 heavy (non-hydrogen) atoms. The zero-order valence-electron chi connectivity index (χ0n) is 11.6. The van der Waals surface area contributed by atoms with Crippen LogP contribution in [-0.2, 0) is 0 Å². The van der Waals surface area contributed by atoms with Crippen LogP contribution >= 0.6 is 15.9 Å². The van der Waals surface area contributed by atoms with Crippen LogP contribution in [0.25, 0.3) is 0 Å². The van der Waals surface area contributed by atoms with Gasteiger partial charge in [-0.15, -0.1) is 0 Å². The van der Waals surface area contributed by atoms with Gasteiger partial charge in [-0.2, -0.15) is 0 Å². The quantitative estimate of drug-likeness (QED) is 0.924. The second-order valence-electron chi connectivity index (χ2n) is 4.49. The van der Waals surface area contributed by atoms with Gasteiger partial charge in [0.15, 0.2) is 4.67 Å². The zero-order valence-corrected chi connectivity index (χ0v) is 13.2. The molecule has 0 aliphatic rings. The molecule has 1 aromatic carbocycles. The van der Waals surface area contributed by atoms with Crippen molar-refractivity contribution < 1.29 is 9.15 Å². The van der Waals surface area contributed by atoms with Gasteiger partial charge < -0.3 is 14.5 Å². The fourth-order valence-electron chi connectivity index (χ4n) is 2.24. The number of aryl methyl sites for hydroxylation is 1. The highest BCUT2D eigenvalue weighted by molar-refractivity contribution is 9.10. The first kappa shape index (κ1) is 14.2. The van der Waals surface area contributed by atoms with E-state index in [9.17, 15) is 0 Å². The Morgan fingerprint density at radius 1 is 1.21 bits per heavy atom. The minimum Gasteiger partial charge on any atom is -0.496 e. The maximum absolute atomic E-state index is 5.66. The van der Waals surface area contributed by atoms with Gasteiger partial charge in [0.25, 0.3) is 0 Å². The van der Waals surface area contributed by atoms with Gasteiger partial charge in [0, 0.05) is 5.56 Å². The lowest BCUT2D eigenvalue weighted by Crippen LogP contribution is -2.18. The van der Waals surface area contributed by atoms with E-state index in [1.807, 2.05) is 19.2 Å². The van der Waals surface area contributed by atoms with Crippen molar-refractivity contribution in [1.82, 2.24) is 5.32 Å². The highest BCUT2D eigenvalue weighted by Gasteiger charge is 2.21. The number of rotatable bonds is 4. The third-order valence-electron chi connectivity index (χ3n) is 3.39. The standard InChI is InChI=1S/C15H18BrNO2/c1-9-5-6-11(15(18-4)10(9)2)14(17-3)12-7-8-13(16)19-12/h5-8,14,17H,1-4H3. The minimum absolute atomic E-state index is 0.0273. The summed E-state index contributed by atoms with van der Waals surface area (Å²) in [4.78, 5) is 0. The SMILES string of the molecule is CNC(c1ccc(Br)o1)c1ccc(C)c(C)c1OC. The molecule has 4 heteroatoms. The molecule has 0 aliphatic heterocycles. The van der Waals surface area contributed by atoms with Gasteiger partial charge >= 0.3 is 0 Å². The first-order chi connectivity index (χ1) is 9.08. The third kappa shape index (κ3) is 2.69. The predicted octanol–water partition coefficient (Wildman–Crippen LogP) is 3.98. The summed E-state index contributed by atoms with van der Waals surface area (Å²) >= 11 is 3.34. The fraction of sp³-hybridized carbons (Fsp3) is 0.333. The summed E-state index contributed by atoms with van der Waals surface area (Å²) in [6.07, 6.45) is 0. The van der Waals surface area contributed by atoms with E-state index in [2.05, 4.69) is 47.2 Å². The molecular formula is C15H18BrNO2. The average molecular weight is 324 g/mol. The van der Waals surface area contributed by atoms with Crippen LogP contribution in [-0.4, -0.2) is 14.2 Å². The van der Waals surface area contributed by atoms with Crippen LogP contribution < -0.4 is 10.1 Å². The number of benzene rings is 1. The number of methoxy groups -OCH3 is 1. The smallest absolute Gasteiger partial charge is 0.169 e. The van der Waals surface area contributed by atoms with Crippen molar-refractivity contribution in [3.63, 3.8) is 0 Å². The molecular weight excluding hydrogens is 306 g/mol. The molecule has 0 saturated heterocycles. The average Bonchev–Trinajstić information content (AvgIpc) is 2.81. The number of halogens is 1. The Morgan fingerprint density at radius 2 is 1.95 bits per heavy atom. The lowest BCUT2D eigenvalue weighted by Gasteiger charge is -2.20.